The second-order valence-electron chi connectivity index (χ2n) is 5.38. The fraction of sp³-hybridized carbons (Fsp3) is 1.00. The highest BCUT2D eigenvalue weighted by Crippen LogP contribution is 2.35. The molecule has 0 unspecified atom stereocenters. The third-order valence-electron chi connectivity index (χ3n) is 2.95. The number of rotatable bonds is 4. The Labute approximate surface area is 83.3 Å². The van der Waals surface area contributed by atoms with Gasteiger partial charge in [0.05, 0.1) is 0 Å². The first-order chi connectivity index (χ1) is 6.04. The monoisotopic (exact) mass is 183 g/mol. The third kappa shape index (κ3) is 3.30. The first kappa shape index (κ1) is 11.0. The average Bonchev–Trinajstić information content (AvgIpc) is 2.33. The summed E-state index contributed by atoms with van der Waals surface area (Å²) in [6.45, 7) is 9.20. The van der Waals surface area contributed by atoms with E-state index in [1.54, 1.807) is 0 Å². The molecule has 1 heteroatoms. The topological polar surface area (TPSA) is 12.0 Å². The summed E-state index contributed by atoms with van der Waals surface area (Å²) in [4.78, 5) is 0. The quantitative estimate of drug-likeness (QED) is 0.705. The predicted molar refractivity (Wildman–Crippen MR) is 58.9 cm³/mol. The minimum Gasteiger partial charge on any atom is -0.309 e. The molecule has 1 aliphatic rings. The summed E-state index contributed by atoms with van der Waals surface area (Å²) < 4.78 is 0. The van der Waals surface area contributed by atoms with E-state index in [1.807, 2.05) is 0 Å². The van der Waals surface area contributed by atoms with Gasteiger partial charge in [0.15, 0.2) is 0 Å². The number of hydrogen-bond acceptors (Lipinski definition) is 1. The smallest absolute Gasteiger partial charge is 0.0186 e. The van der Waals surface area contributed by atoms with Crippen LogP contribution in [-0.2, 0) is 0 Å². The predicted octanol–water partition coefficient (Wildman–Crippen LogP) is 3.34. The van der Waals surface area contributed by atoms with Crippen LogP contribution in [0.3, 0.4) is 0 Å². The van der Waals surface area contributed by atoms with Crippen LogP contribution in [0.1, 0.15) is 59.8 Å². The van der Waals surface area contributed by atoms with Gasteiger partial charge in [-0.25, -0.2) is 0 Å². The Bertz CT molecular complexity index is 131. The highest BCUT2D eigenvalue weighted by atomic mass is 15.0. The maximum Gasteiger partial charge on any atom is 0.0186 e. The highest BCUT2D eigenvalue weighted by Gasteiger charge is 2.34. The molecule has 0 atom stereocenters. The van der Waals surface area contributed by atoms with Crippen molar-refractivity contribution >= 4 is 0 Å². The maximum atomic E-state index is 3.79. The number of hydrogen-bond donors (Lipinski definition) is 1. The molecule has 1 nitrogen and oxygen atoms in total. The van der Waals surface area contributed by atoms with E-state index in [4.69, 9.17) is 0 Å². The fourth-order valence-electron chi connectivity index (χ4n) is 2.85. The molecule has 78 valence electrons. The zero-order valence-corrected chi connectivity index (χ0v) is 9.69. The largest absolute Gasteiger partial charge is 0.309 e. The van der Waals surface area contributed by atoms with Crippen molar-refractivity contribution in [2.75, 3.05) is 0 Å². The van der Waals surface area contributed by atoms with Gasteiger partial charge in [-0.15, -0.1) is 0 Å². The van der Waals surface area contributed by atoms with Crippen molar-refractivity contribution < 1.29 is 0 Å². The van der Waals surface area contributed by atoms with Gasteiger partial charge in [-0.2, -0.15) is 0 Å². The first-order valence-electron chi connectivity index (χ1n) is 5.82. The van der Waals surface area contributed by atoms with E-state index in [1.165, 1.54) is 32.1 Å². The summed E-state index contributed by atoms with van der Waals surface area (Å²) in [6.07, 6.45) is 6.98. The van der Waals surface area contributed by atoms with Crippen molar-refractivity contribution in [2.24, 2.45) is 5.92 Å². The molecule has 0 aromatic carbocycles. The van der Waals surface area contributed by atoms with Gasteiger partial charge in [-0.05, 0) is 25.2 Å². The molecule has 1 rings (SSSR count). The Kier molecular flexibility index (Phi) is 3.78. The molecule has 1 fully saturated rings. The minimum atomic E-state index is 0.488. The lowest BCUT2D eigenvalue weighted by molar-refractivity contribution is 0.253. The summed E-state index contributed by atoms with van der Waals surface area (Å²) in [5.74, 6) is 0.823. The van der Waals surface area contributed by atoms with Gasteiger partial charge < -0.3 is 5.32 Å². The molecule has 0 amide bonds. The van der Waals surface area contributed by atoms with Crippen molar-refractivity contribution in [3.63, 3.8) is 0 Å². The molecule has 0 radical (unpaired) electrons. The fourth-order valence-corrected chi connectivity index (χ4v) is 2.85. The van der Waals surface area contributed by atoms with Gasteiger partial charge in [0.25, 0.3) is 0 Å². The molecule has 1 N–H and O–H groups in total. The normalized spacial score (nSPS) is 21.7. The summed E-state index contributed by atoms with van der Waals surface area (Å²) >= 11 is 0. The molecular formula is C12H25N. The molecule has 13 heavy (non-hydrogen) atoms. The second-order valence-corrected chi connectivity index (χ2v) is 5.38. The van der Waals surface area contributed by atoms with Crippen LogP contribution in [0.15, 0.2) is 0 Å². The van der Waals surface area contributed by atoms with Crippen LogP contribution < -0.4 is 5.32 Å². The maximum absolute atomic E-state index is 3.79. The van der Waals surface area contributed by atoms with Gasteiger partial charge >= 0.3 is 0 Å². The van der Waals surface area contributed by atoms with Crippen LogP contribution in [0.25, 0.3) is 0 Å². The Morgan fingerprint density at radius 1 is 1.08 bits per heavy atom. The molecule has 0 aromatic heterocycles. The van der Waals surface area contributed by atoms with Crippen LogP contribution in [0.5, 0.6) is 0 Å². The van der Waals surface area contributed by atoms with Crippen molar-refractivity contribution in [2.45, 2.75) is 71.4 Å². The van der Waals surface area contributed by atoms with E-state index in [0.717, 1.165) is 5.92 Å². The van der Waals surface area contributed by atoms with Crippen LogP contribution >= 0.6 is 0 Å². The summed E-state index contributed by atoms with van der Waals surface area (Å²) in [7, 11) is 0. The average molecular weight is 183 g/mol. The summed E-state index contributed by atoms with van der Waals surface area (Å²) in [6, 6.07) is 0.636. The molecular weight excluding hydrogens is 158 g/mol. The Morgan fingerprint density at radius 2 is 1.62 bits per heavy atom. The Morgan fingerprint density at radius 3 is 2.00 bits per heavy atom. The van der Waals surface area contributed by atoms with E-state index in [2.05, 4.69) is 33.0 Å². The molecule has 0 saturated heterocycles. The van der Waals surface area contributed by atoms with E-state index < -0.39 is 0 Å². The van der Waals surface area contributed by atoms with Crippen molar-refractivity contribution in [3.05, 3.63) is 0 Å². The van der Waals surface area contributed by atoms with E-state index in [-0.39, 0.29) is 0 Å². The molecule has 0 aliphatic heterocycles. The Balaban J connectivity index is 2.52. The summed E-state index contributed by atoms with van der Waals surface area (Å²) in [5, 5.41) is 3.79. The Hall–Kier alpha value is -0.0400. The highest BCUT2D eigenvalue weighted by molar-refractivity contribution is 4.94. The second kappa shape index (κ2) is 4.45. The van der Waals surface area contributed by atoms with E-state index >= 15 is 0 Å². The van der Waals surface area contributed by atoms with Gasteiger partial charge in [-0.3, -0.25) is 0 Å². The lowest BCUT2D eigenvalue weighted by Gasteiger charge is -2.34. The molecule has 0 heterocycles. The van der Waals surface area contributed by atoms with Gasteiger partial charge in [0, 0.05) is 11.6 Å². The number of nitrogens with one attached hydrogen (secondary N) is 1. The lowest BCUT2D eigenvalue weighted by atomic mass is 9.86. The van der Waals surface area contributed by atoms with Crippen LogP contribution in [0.2, 0.25) is 0 Å². The lowest BCUT2D eigenvalue weighted by Crippen LogP contribution is -2.47. The van der Waals surface area contributed by atoms with Gasteiger partial charge in [-0.1, -0.05) is 40.5 Å². The van der Waals surface area contributed by atoms with Crippen molar-refractivity contribution in [3.8, 4) is 0 Å². The first-order valence-corrected chi connectivity index (χ1v) is 5.82. The van der Waals surface area contributed by atoms with Crippen LogP contribution in [0.4, 0.5) is 0 Å². The zero-order chi connectivity index (χ0) is 9.90. The summed E-state index contributed by atoms with van der Waals surface area (Å²) in [5.41, 5.74) is 0.488. The van der Waals surface area contributed by atoms with Crippen LogP contribution in [-0.4, -0.2) is 11.6 Å². The van der Waals surface area contributed by atoms with Crippen molar-refractivity contribution in [1.29, 1.82) is 0 Å². The van der Waals surface area contributed by atoms with Gasteiger partial charge in [0.1, 0.15) is 0 Å². The molecule has 1 aliphatic carbocycles. The third-order valence-corrected chi connectivity index (χ3v) is 2.95. The van der Waals surface area contributed by atoms with E-state index in [9.17, 15) is 0 Å². The zero-order valence-electron chi connectivity index (χ0n) is 9.69. The van der Waals surface area contributed by atoms with Crippen molar-refractivity contribution in [1.82, 2.24) is 5.32 Å². The molecule has 0 spiro atoms. The minimum absolute atomic E-state index is 0.488. The molecule has 0 bridgehead atoms. The van der Waals surface area contributed by atoms with Gasteiger partial charge in [0.2, 0.25) is 0 Å². The molecule has 1 saturated carbocycles. The molecule has 0 aromatic rings. The standard InChI is InChI=1S/C12H25N/c1-10(2)9-12(13-11(3)4)7-5-6-8-12/h10-11,13H,5-9H2,1-4H3. The SMILES string of the molecule is CC(C)CC1(NC(C)C)CCCC1. The van der Waals surface area contributed by atoms with Crippen LogP contribution in [0, 0.1) is 5.92 Å². The van der Waals surface area contributed by atoms with E-state index in [0.29, 0.717) is 11.6 Å².